The number of aromatic nitrogens is 3. The van der Waals surface area contributed by atoms with Crippen molar-refractivity contribution < 1.29 is 0 Å². The first-order chi connectivity index (χ1) is 16.2. The van der Waals surface area contributed by atoms with Gasteiger partial charge in [0.2, 0.25) is 5.95 Å². The van der Waals surface area contributed by atoms with Crippen molar-refractivity contribution in [2.24, 2.45) is 7.05 Å². The second-order valence-electron chi connectivity index (χ2n) is 9.46. The van der Waals surface area contributed by atoms with Gasteiger partial charge in [-0.3, -0.25) is 14.3 Å². The maximum absolute atomic E-state index is 12.7. The molecule has 1 aromatic carbocycles. The fourth-order valence-electron chi connectivity index (χ4n) is 5.25. The molecule has 2 fully saturated rings. The lowest BCUT2D eigenvalue weighted by Gasteiger charge is -2.34. The molecule has 1 aliphatic carbocycles. The molecular formula is C27H33N5O. The van der Waals surface area contributed by atoms with Crippen molar-refractivity contribution in [3.05, 3.63) is 70.8 Å². The maximum atomic E-state index is 12.7. The predicted molar refractivity (Wildman–Crippen MR) is 134 cm³/mol. The largest absolute Gasteiger partial charge is 0.382 e. The van der Waals surface area contributed by atoms with Crippen LogP contribution in [0.25, 0.3) is 11.3 Å². The van der Waals surface area contributed by atoms with Crippen molar-refractivity contribution in [1.82, 2.24) is 14.5 Å². The van der Waals surface area contributed by atoms with E-state index in [-0.39, 0.29) is 5.56 Å². The van der Waals surface area contributed by atoms with Crippen molar-refractivity contribution in [2.75, 3.05) is 23.3 Å². The van der Waals surface area contributed by atoms with Gasteiger partial charge < -0.3 is 10.2 Å². The first-order valence-corrected chi connectivity index (χ1v) is 12.3. The van der Waals surface area contributed by atoms with E-state index in [0.29, 0.717) is 17.7 Å². The zero-order valence-electron chi connectivity index (χ0n) is 19.4. The summed E-state index contributed by atoms with van der Waals surface area (Å²) in [6.45, 7) is 1.79. The van der Waals surface area contributed by atoms with E-state index in [1.807, 2.05) is 19.2 Å². The summed E-state index contributed by atoms with van der Waals surface area (Å²) in [4.78, 5) is 23.9. The third kappa shape index (κ3) is 4.95. The molecule has 1 atom stereocenters. The zero-order chi connectivity index (χ0) is 22.6. The van der Waals surface area contributed by atoms with Crippen LogP contribution in [0, 0.1) is 0 Å². The van der Waals surface area contributed by atoms with Crippen LogP contribution in [0.15, 0.2) is 59.7 Å². The lowest BCUT2D eigenvalue weighted by Crippen LogP contribution is -2.38. The van der Waals surface area contributed by atoms with Gasteiger partial charge in [-0.2, -0.15) is 0 Å². The number of benzene rings is 1. The summed E-state index contributed by atoms with van der Waals surface area (Å²) in [6.07, 6.45) is 12.3. The summed E-state index contributed by atoms with van der Waals surface area (Å²) >= 11 is 0. The van der Waals surface area contributed by atoms with E-state index in [9.17, 15) is 4.79 Å². The van der Waals surface area contributed by atoms with Gasteiger partial charge >= 0.3 is 0 Å². The Morgan fingerprint density at radius 2 is 1.70 bits per heavy atom. The van der Waals surface area contributed by atoms with Crippen LogP contribution in [0.2, 0.25) is 0 Å². The molecule has 1 aliphatic heterocycles. The van der Waals surface area contributed by atoms with E-state index in [1.165, 1.54) is 43.4 Å². The molecule has 1 saturated heterocycles. The number of nitrogens with one attached hydrogen (secondary N) is 1. The van der Waals surface area contributed by atoms with Crippen LogP contribution in [0.1, 0.15) is 56.4 Å². The molecule has 3 heterocycles. The molecule has 1 N–H and O–H groups in total. The average Bonchev–Trinajstić information content (AvgIpc) is 2.87. The number of nitrogens with zero attached hydrogens (tertiary/aromatic N) is 4. The maximum Gasteiger partial charge on any atom is 0.255 e. The van der Waals surface area contributed by atoms with Crippen LogP contribution < -0.4 is 15.8 Å². The average molecular weight is 444 g/mol. The fraction of sp³-hybridized carbons (Fsp3) is 0.444. The van der Waals surface area contributed by atoms with E-state index < -0.39 is 0 Å². The van der Waals surface area contributed by atoms with Crippen LogP contribution >= 0.6 is 0 Å². The van der Waals surface area contributed by atoms with E-state index in [2.05, 4.69) is 39.5 Å². The molecule has 1 saturated carbocycles. The minimum Gasteiger partial charge on any atom is -0.382 e. The quantitative estimate of drug-likeness (QED) is 0.603. The minimum atomic E-state index is -0.0351. The number of anilines is 2. The molecule has 6 heteroatoms. The Balaban J connectivity index is 1.33. The second kappa shape index (κ2) is 9.77. The molecule has 172 valence electrons. The van der Waals surface area contributed by atoms with Gasteiger partial charge in [0.25, 0.3) is 5.56 Å². The summed E-state index contributed by atoms with van der Waals surface area (Å²) in [6, 6.07) is 15.1. The third-order valence-electron chi connectivity index (χ3n) is 7.15. The highest BCUT2D eigenvalue weighted by atomic mass is 16.1. The Bertz CT molecular complexity index is 1120. The van der Waals surface area contributed by atoms with Gasteiger partial charge in [-0.25, -0.2) is 4.98 Å². The SMILES string of the molecule is Cn1c(N2CCCC(c3ccc(NC4CCCCC4)cc3)C2)nc(-c2ccncc2)cc1=O. The van der Waals surface area contributed by atoms with Crippen molar-refractivity contribution in [1.29, 1.82) is 0 Å². The van der Waals surface area contributed by atoms with Gasteiger partial charge in [-0.05, 0) is 55.5 Å². The molecule has 2 aromatic heterocycles. The number of hydrogen-bond acceptors (Lipinski definition) is 5. The molecule has 0 amide bonds. The van der Waals surface area contributed by atoms with E-state index in [1.54, 1.807) is 23.0 Å². The van der Waals surface area contributed by atoms with Crippen LogP contribution in [-0.4, -0.2) is 33.7 Å². The van der Waals surface area contributed by atoms with Gasteiger partial charge in [0.15, 0.2) is 0 Å². The molecule has 5 rings (SSSR count). The summed E-state index contributed by atoms with van der Waals surface area (Å²) < 4.78 is 1.67. The number of piperidine rings is 1. The molecule has 1 unspecified atom stereocenters. The van der Waals surface area contributed by atoms with Crippen LogP contribution in [0.4, 0.5) is 11.6 Å². The Morgan fingerprint density at radius 1 is 0.939 bits per heavy atom. The minimum absolute atomic E-state index is 0.0351. The predicted octanol–water partition coefficient (Wildman–Crippen LogP) is 4.97. The second-order valence-corrected chi connectivity index (χ2v) is 9.46. The van der Waals surface area contributed by atoms with E-state index in [0.717, 1.165) is 37.4 Å². The van der Waals surface area contributed by atoms with Crippen molar-refractivity contribution in [3.8, 4) is 11.3 Å². The van der Waals surface area contributed by atoms with Crippen LogP contribution in [-0.2, 0) is 7.05 Å². The highest BCUT2D eigenvalue weighted by Gasteiger charge is 2.25. The molecule has 6 nitrogen and oxygen atoms in total. The van der Waals surface area contributed by atoms with Crippen LogP contribution in [0.5, 0.6) is 0 Å². The smallest absolute Gasteiger partial charge is 0.255 e. The zero-order valence-corrected chi connectivity index (χ0v) is 19.4. The monoisotopic (exact) mass is 443 g/mol. The third-order valence-corrected chi connectivity index (χ3v) is 7.15. The lowest BCUT2D eigenvalue weighted by molar-refractivity contribution is 0.462. The van der Waals surface area contributed by atoms with E-state index in [4.69, 9.17) is 4.98 Å². The molecular weight excluding hydrogens is 410 g/mol. The summed E-state index contributed by atoms with van der Waals surface area (Å²) in [7, 11) is 1.82. The van der Waals surface area contributed by atoms with Crippen molar-refractivity contribution >= 4 is 11.6 Å². The Labute approximate surface area is 195 Å². The Hall–Kier alpha value is -3.15. The summed E-state index contributed by atoms with van der Waals surface area (Å²) in [5.74, 6) is 1.18. The van der Waals surface area contributed by atoms with Gasteiger partial charge in [-0.1, -0.05) is 31.4 Å². The van der Waals surface area contributed by atoms with Gasteiger partial charge in [-0.15, -0.1) is 0 Å². The summed E-state index contributed by atoms with van der Waals surface area (Å²) in [5.41, 5.74) is 4.18. The standard InChI is InChI=1S/C27H33N5O/c1-31-26(33)18-25(21-13-15-28-16-14-21)30-27(31)32-17-5-6-22(19-32)20-9-11-24(12-10-20)29-23-7-3-2-4-8-23/h9-16,18,22-23,29H,2-8,17,19H2,1H3. The Morgan fingerprint density at radius 3 is 2.45 bits per heavy atom. The summed E-state index contributed by atoms with van der Waals surface area (Å²) in [5, 5.41) is 3.72. The number of pyridine rings is 1. The molecule has 3 aromatic rings. The topological polar surface area (TPSA) is 63.1 Å². The normalized spacial score (nSPS) is 19.4. The van der Waals surface area contributed by atoms with Crippen molar-refractivity contribution in [2.45, 2.75) is 56.9 Å². The van der Waals surface area contributed by atoms with Gasteiger partial charge in [0.05, 0.1) is 5.69 Å². The molecule has 33 heavy (non-hydrogen) atoms. The molecule has 0 radical (unpaired) electrons. The van der Waals surface area contributed by atoms with E-state index >= 15 is 0 Å². The Kier molecular flexibility index (Phi) is 6.42. The molecule has 0 bridgehead atoms. The molecule has 2 aliphatic rings. The first kappa shape index (κ1) is 21.7. The van der Waals surface area contributed by atoms with Crippen molar-refractivity contribution in [3.63, 3.8) is 0 Å². The number of rotatable bonds is 5. The van der Waals surface area contributed by atoms with Crippen LogP contribution in [0.3, 0.4) is 0 Å². The first-order valence-electron chi connectivity index (χ1n) is 12.3. The highest BCUT2D eigenvalue weighted by molar-refractivity contribution is 5.59. The van der Waals surface area contributed by atoms with Gasteiger partial charge in [0.1, 0.15) is 0 Å². The fourth-order valence-corrected chi connectivity index (χ4v) is 5.25. The highest BCUT2D eigenvalue weighted by Crippen LogP contribution is 2.31. The lowest BCUT2D eigenvalue weighted by atomic mass is 9.90. The van der Waals surface area contributed by atoms with Gasteiger partial charge in [0, 0.05) is 61.8 Å². The molecule has 0 spiro atoms. The number of hydrogen-bond donors (Lipinski definition) is 1.